The van der Waals surface area contributed by atoms with E-state index in [2.05, 4.69) is 17.0 Å². The lowest BCUT2D eigenvalue weighted by molar-refractivity contribution is 0.326. The van der Waals surface area contributed by atoms with Gasteiger partial charge < -0.3 is 5.32 Å². The highest BCUT2D eigenvalue weighted by atomic mass is 32.2. The Bertz CT molecular complexity index is 319. The molecule has 4 nitrogen and oxygen atoms in total. The molecule has 2 unspecified atom stereocenters. The van der Waals surface area contributed by atoms with E-state index >= 15 is 0 Å². The first-order chi connectivity index (χ1) is 7.20. The Morgan fingerprint density at radius 1 is 1.38 bits per heavy atom. The van der Waals surface area contributed by atoms with Crippen LogP contribution in [0.25, 0.3) is 0 Å². The van der Waals surface area contributed by atoms with Gasteiger partial charge in [0.25, 0.3) is 0 Å². The van der Waals surface area contributed by atoms with Crippen LogP contribution in [0.15, 0.2) is 0 Å². The maximum absolute atomic E-state index is 11.9. The third-order valence-corrected chi connectivity index (χ3v) is 4.65. The zero-order valence-electron chi connectivity index (χ0n) is 10.7. The molecular formula is C11H24N2O2S. The van der Waals surface area contributed by atoms with Crippen molar-refractivity contribution >= 4 is 10.0 Å². The zero-order chi connectivity index (χ0) is 12.4. The van der Waals surface area contributed by atoms with Crippen molar-refractivity contribution in [2.45, 2.75) is 40.2 Å². The van der Waals surface area contributed by atoms with Crippen LogP contribution >= 0.6 is 0 Å². The van der Waals surface area contributed by atoms with Gasteiger partial charge in [0.05, 0.1) is 5.75 Å². The van der Waals surface area contributed by atoms with Crippen LogP contribution in [0.5, 0.6) is 0 Å². The Morgan fingerprint density at radius 2 is 2.00 bits per heavy atom. The van der Waals surface area contributed by atoms with Crippen molar-refractivity contribution in [1.29, 1.82) is 0 Å². The Kier molecular flexibility index (Phi) is 4.37. The highest BCUT2D eigenvalue weighted by molar-refractivity contribution is 7.89. The van der Waals surface area contributed by atoms with Crippen molar-refractivity contribution in [3.8, 4) is 0 Å². The molecule has 0 spiro atoms. The molecule has 96 valence electrons. The van der Waals surface area contributed by atoms with E-state index in [0.717, 1.165) is 19.5 Å². The molecular weight excluding hydrogens is 224 g/mol. The Labute approximate surface area is 99.2 Å². The Morgan fingerprint density at radius 3 is 2.50 bits per heavy atom. The Hall–Kier alpha value is -0.130. The average Bonchev–Trinajstić information content (AvgIpc) is 2.04. The van der Waals surface area contributed by atoms with Gasteiger partial charge >= 0.3 is 0 Å². The molecule has 2 N–H and O–H groups in total. The predicted molar refractivity (Wildman–Crippen MR) is 66.8 cm³/mol. The van der Waals surface area contributed by atoms with E-state index in [9.17, 15) is 8.42 Å². The van der Waals surface area contributed by atoms with Crippen molar-refractivity contribution < 1.29 is 8.42 Å². The quantitative estimate of drug-likeness (QED) is 0.782. The van der Waals surface area contributed by atoms with E-state index in [0.29, 0.717) is 5.92 Å². The summed E-state index contributed by atoms with van der Waals surface area (Å²) >= 11 is 0. The predicted octanol–water partition coefficient (Wildman–Crippen LogP) is 0.950. The highest BCUT2D eigenvalue weighted by Crippen LogP contribution is 2.17. The van der Waals surface area contributed by atoms with E-state index in [1.807, 2.05) is 20.8 Å². The fourth-order valence-corrected chi connectivity index (χ4v) is 4.07. The SMILES string of the molecule is CC1CNCCC1NS(=O)(=O)CC(C)(C)C. The molecule has 1 heterocycles. The largest absolute Gasteiger partial charge is 0.316 e. The van der Waals surface area contributed by atoms with E-state index in [1.165, 1.54) is 0 Å². The van der Waals surface area contributed by atoms with Crippen molar-refractivity contribution in [3.63, 3.8) is 0 Å². The minimum Gasteiger partial charge on any atom is -0.316 e. The summed E-state index contributed by atoms with van der Waals surface area (Å²) in [6.07, 6.45) is 0.880. The summed E-state index contributed by atoms with van der Waals surface area (Å²) in [6, 6.07) is 0.0913. The molecule has 5 heteroatoms. The summed E-state index contributed by atoms with van der Waals surface area (Å²) in [5.74, 6) is 0.555. The fraction of sp³-hybridized carbons (Fsp3) is 1.00. The maximum atomic E-state index is 11.9. The first-order valence-corrected chi connectivity index (χ1v) is 7.55. The highest BCUT2D eigenvalue weighted by Gasteiger charge is 2.28. The van der Waals surface area contributed by atoms with Crippen LogP contribution in [0, 0.1) is 11.3 Å². The van der Waals surface area contributed by atoms with Gasteiger partial charge in [0.1, 0.15) is 0 Å². The van der Waals surface area contributed by atoms with Crippen LogP contribution in [-0.4, -0.2) is 33.3 Å². The van der Waals surface area contributed by atoms with Crippen LogP contribution in [0.4, 0.5) is 0 Å². The molecule has 0 aromatic carbocycles. The number of nitrogens with one attached hydrogen (secondary N) is 2. The molecule has 1 aliphatic rings. The number of piperidine rings is 1. The summed E-state index contributed by atoms with van der Waals surface area (Å²) < 4.78 is 26.7. The van der Waals surface area contributed by atoms with E-state index < -0.39 is 10.0 Å². The van der Waals surface area contributed by atoms with Crippen molar-refractivity contribution in [1.82, 2.24) is 10.0 Å². The lowest BCUT2D eigenvalue weighted by Gasteiger charge is -2.31. The third-order valence-electron chi connectivity index (χ3n) is 2.74. The zero-order valence-corrected chi connectivity index (χ0v) is 11.5. The summed E-state index contributed by atoms with van der Waals surface area (Å²) in [5, 5.41) is 3.26. The molecule has 0 amide bonds. The first-order valence-electron chi connectivity index (χ1n) is 5.90. The minimum atomic E-state index is -3.15. The van der Waals surface area contributed by atoms with Crippen LogP contribution in [0.2, 0.25) is 0 Å². The van der Waals surface area contributed by atoms with Gasteiger partial charge in [-0.1, -0.05) is 27.7 Å². The van der Waals surface area contributed by atoms with Gasteiger partial charge in [0.2, 0.25) is 10.0 Å². The van der Waals surface area contributed by atoms with Gasteiger partial charge in [-0.05, 0) is 30.8 Å². The smallest absolute Gasteiger partial charge is 0.212 e. The maximum Gasteiger partial charge on any atom is 0.212 e. The van der Waals surface area contributed by atoms with E-state index in [4.69, 9.17) is 0 Å². The monoisotopic (exact) mass is 248 g/mol. The van der Waals surface area contributed by atoms with Gasteiger partial charge in [-0.3, -0.25) is 0 Å². The number of sulfonamides is 1. The topological polar surface area (TPSA) is 58.2 Å². The number of hydrogen-bond donors (Lipinski definition) is 2. The normalized spacial score (nSPS) is 28.0. The van der Waals surface area contributed by atoms with E-state index in [-0.39, 0.29) is 17.2 Å². The third kappa shape index (κ3) is 4.80. The summed E-state index contributed by atoms with van der Waals surface area (Å²) in [4.78, 5) is 0. The van der Waals surface area contributed by atoms with Crippen molar-refractivity contribution in [3.05, 3.63) is 0 Å². The van der Waals surface area contributed by atoms with Gasteiger partial charge in [0.15, 0.2) is 0 Å². The molecule has 1 aliphatic heterocycles. The molecule has 16 heavy (non-hydrogen) atoms. The van der Waals surface area contributed by atoms with Crippen LogP contribution < -0.4 is 10.0 Å². The Balaban J connectivity index is 2.58. The van der Waals surface area contributed by atoms with Gasteiger partial charge in [-0.25, -0.2) is 13.1 Å². The van der Waals surface area contributed by atoms with Crippen molar-refractivity contribution in [2.24, 2.45) is 11.3 Å². The van der Waals surface area contributed by atoms with Crippen LogP contribution in [0.3, 0.4) is 0 Å². The van der Waals surface area contributed by atoms with Crippen molar-refractivity contribution in [2.75, 3.05) is 18.8 Å². The standard InChI is InChI=1S/C11H24N2O2S/c1-9-7-12-6-5-10(9)13-16(14,15)8-11(2,3)4/h9-10,12-13H,5-8H2,1-4H3. The molecule has 1 saturated heterocycles. The molecule has 0 bridgehead atoms. The van der Waals surface area contributed by atoms with Gasteiger partial charge in [-0.2, -0.15) is 0 Å². The lowest BCUT2D eigenvalue weighted by atomic mass is 9.97. The van der Waals surface area contributed by atoms with Gasteiger partial charge in [-0.15, -0.1) is 0 Å². The van der Waals surface area contributed by atoms with Gasteiger partial charge in [0, 0.05) is 6.04 Å². The molecule has 0 aromatic rings. The van der Waals surface area contributed by atoms with E-state index in [1.54, 1.807) is 0 Å². The summed E-state index contributed by atoms with van der Waals surface area (Å²) in [7, 11) is -3.15. The molecule has 2 atom stereocenters. The number of rotatable bonds is 3. The second-order valence-corrected chi connectivity index (χ2v) is 7.77. The summed E-state index contributed by atoms with van der Waals surface area (Å²) in [5.41, 5.74) is -0.192. The minimum absolute atomic E-state index is 0.0913. The van der Waals surface area contributed by atoms with Crippen LogP contribution in [-0.2, 0) is 10.0 Å². The second-order valence-electron chi connectivity index (χ2n) is 6.01. The number of hydrogen-bond acceptors (Lipinski definition) is 3. The van der Waals surface area contributed by atoms with Crippen LogP contribution in [0.1, 0.15) is 34.1 Å². The molecule has 1 rings (SSSR count). The molecule has 0 radical (unpaired) electrons. The summed E-state index contributed by atoms with van der Waals surface area (Å²) in [6.45, 7) is 9.69. The first kappa shape index (κ1) is 13.9. The fourth-order valence-electron chi connectivity index (χ4n) is 2.03. The second kappa shape index (κ2) is 5.02. The molecule has 0 saturated carbocycles. The lowest BCUT2D eigenvalue weighted by Crippen LogP contribution is -2.49. The molecule has 1 fully saturated rings. The molecule has 0 aromatic heterocycles. The average molecular weight is 248 g/mol. The molecule has 0 aliphatic carbocycles.